The third-order valence-corrected chi connectivity index (χ3v) is 2.72. The highest BCUT2D eigenvalue weighted by Crippen LogP contribution is 2.21. The molecule has 20 heavy (non-hydrogen) atoms. The number of hydrogen-bond donors (Lipinski definition) is 1. The van der Waals surface area contributed by atoms with E-state index in [-0.39, 0.29) is 23.5 Å². The van der Waals surface area contributed by atoms with Gasteiger partial charge in [-0.2, -0.15) is 5.26 Å². The SMILES string of the molecule is N#Cc1ccc(OCC(O)c2ccccc2F)c(F)c1. The van der Waals surface area contributed by atoms with Gasteiger partial charge in [0.1, 0.15) is 18.5 Å². The van der Waals surface area contributed by atoms with E-state index in [1.54, 1.807) is 12.1 Å². The lowest BCUT2D eigenvalue weighted by molar-refractivity contribution is 0.102. The maximum atomic E-state index is 13.5. The molecule has 0 spiro atoms. The van der Waals surface area contributed by atoms with E-state index in [1.165, 1.54) is 30.3 Å². The first kappa shape index (κ1) is 14.0. The smallest absolute Gasteiger partial charge is 0.166 e. The number of aliphatic hydroxyl groups excluding tert-OH is 1. The van der Waals surface area contributed by atoms with Crippen molar-refractivity contribution in [1.82, 2.24) is 0 Å². The summed E-state index contributed by atoms with van der Waals surface area (Å²) < 4.78 is 32.1. The van der Waals surface area contributed by atoms with Crippen molar-refractivity contribution >= 4 is 0 Å². The van der Waals surface area contributed by atoms with Gasteiger partial charge in [0.2, 0.25) is 0 Å². The number of benzene rings is 2. The van der Waals surface area contributed by atoms with E-state index in [2.05, 4.69) is 0 Å². The Hall–Kier alpha value is -2.45. The van der Waals surface area contributed by atoms with Gasteiger partial charge in [-0.25, -0.2) is 8.78 Å². The molecule has 0 aliphatic carbocycles. The number of rotatable bonds is 4. The quantitative estimate of drug-likeness (QED) is 0.933. The zero-order valence-electron chi connectivity index (χ0n) is 10.4. The van der Waals surface area contributed by atoms with Crippen LogP contribution in [0.4, 0.5) is 8.78 Å². The van der Waals surface area contributed by atoms with Crippen LogP contribution in [-0.2, 0) is 0 Å². The number of halogens is 2. The van der Waals surface area contributed by atoms with Crippen LogP contribution in [0.2, 0.25) is 0 Å². The molecule has 0 aliphatic rings. The summed E-state index contributed by atoms with van der Waals surface area (Å²) in [6.45, 7) is -0.288. The largest absolute Gasteiger partial charge is 0.487 e. The molecular formula is C15H11F2NO2. The van der Waals surface area contributed by atoms with Crippen molar-refractivity contribution in [3.63, 3.8) is 0 Å². The Morgan fingerprint density at radius 1 is 1.15 bits per heavy atom. The van der Waals surface area contributed by atoms with Gasteiger partial charge in [0.15, 0.2) is 11.6 Å². The standard InChI is InChI=1S/C15H11F2NO2/c16-12-4-2-1-3-11(12)14(19)9-20-15-6-5-10(8-18)7-13(15)17/h1-7,14,19H,9H2. The highest BCUT2D eigenvalue weighted by Gasteiger charge is 2.14. The maximum absolute atomic E-state index is 13.5. The molecule has 1 atom stereocenters. The summed E-state index contributed by atoms with van der Waals surface area (Å²) in [5, 5.41) is 18.4. The molecule has 0 bridgehead atoms. The third kappa shape index (κ3) is 3.11. The van der Waals surface area contributed by atoms with Gasteiger partial charge in [-0.1, -0.05) is 18.2 Å². The summed E-state index contributed by atoms with van der Waals surface area (Å²) in [4.78, 5) is 0. The van der Waals surface area contributed by atoms with Crippen LogP contribution in [-0.4, -0.2) is 11.7 Å². The number of nitriles is 1. The number of aliphatic hydroxyl groups is 1. The van der Waals surface area contributed by atoms with Crippen LogP contribution >= 0.6 is 0 Å². The molecule has 102 valence electrons. The van der Waals surface area contributed by atoms with Crippen LogP contribution in [0, 0.1) is 23.0 Å². The van der Waals surface area contributed by atoms with E-state index < -0.39 is 17.7 Å². The molecule has 1 N–H and O–H groups in total. The first-order valence-corrected chi connectivity index (χ1v) is 5.86. The summed E-state index contributed by atoms with van der Waals surface area (Å²) in [6.07, 6.45) is -1.20. The second-order valence-electron chi connectivity index (χ2n) is 4.11. The van der Waals surface area contributed by atoms with Crippen LogP contribution in [0.3, 0.4) is 0 Å². The van der Waals surface area contributed by atoms with Crippen molar-refractivity contribution in [3.8, 4) is 11.8 Å². The molecule has 0 fully saturated rings. The molecule has 0 saturated heterocycles. The summed E-state index contributed by atoms with van der Waals surface area (Å²) >= 11 is 0. The Morgan fingerprint density at radius 3 is 2.55 bits per heavy atom. The molecule has 0 aromatic heterocycles. The molecule has 0 amide bonds. The van der Waals surface area contributed by atoms with Crippen LogP contribution in [0.1, 0.15) is 17.2 Å². The predicted molar refractivity (Wildman–Crippen MR) is 68.0 cm³/mol. The summed E-state index contributed by atoms with van der Waals surface area (Å²) in [5.74, 6) is -1.35. The van der Waals surface area contributed by atoms with Crippen molar-refractivity contribution in [1.29, 1.82) is 5.26 Å². The highest BCUT2D eigenvalue weighted by molar-refractivity contribution is 5.36. The molecule has 3 nitrogen and oxygen atoms in total. The third-order valence-electron chi connectivity index (χ3n) is 2.72. The molecule has 2 aromatic carbocycles. The summed E-state index contributed by atoms with van der Waals surface area (Å²) in [6, 6.07) is 11.3. The first-order chi connectivity index (χ1) is 9.61. The Bertz CT molecular complexity index is 653. The minimum absolute atomic E-state index is 0.0848. The minimum atomic E-state index is -1.20. The Balaban J connectivity index is 2.06. The fourth-order valence-corrected chi connectivity index (χ4v) is 1.69. The first-order valence-electron chi connectivity index (χ1n) is 5.86. The van der Waals surface area contributed by atoms with Crippen molar-refractivity contribution in [2.75, 3.05) is 6.61 Å². The fraction of sp³-hybridized carbons (Fsp3) is 0.133. The predicted octanol–water partition coefficient (Wildman–Crippen LogP) is 2.95. The summed E-state index contributed by atoms with van der Waals surface area (Å²) in [5.41, 5.74) is 0.256. The molecule has 1 unspecified atom stereocenters. The van der Waals surface area contributed by atoms with Crippen LogP contribution in [0.15, 0.2) is 42.5 Å². The molecule has 0 aliphatic heterocycles. The van der Waals surface area contributed by atoms with E-state index in [9.17, 15) is 13.9 Å². The van der Waals surface area contributed by atoms with Crippen molar-refractivity contribution < 1.29 is 18.6 Å². The Labute approximate surface area is 114 Å². The van der Waals surface area contributed by atoms with E-state index in [0.717, 1.165) is 6.07 Å². The van der Waals surface area contributed by atoms with Crippen molar-refractivity contribution in [3.05, 3.63) is 65.2 Å². The second-order valence-corrected chi connectivity index (χ2v) is 4.11. The maximum Gasteiger partial charge on any atom is 0.166 e. The van der Waals surface area contributed by atoms with E-state index in [0.29, 0.717) is 0 Å². The van der Waals surface area contributed by atoms with Gasteiger partial charge in [0.05, 0.1) is 11.6 Å². The van der Waals surface area contributed by atoms with E-state index >= 15 is 0 Å². The molecule has 2 aromatic rings. The fourth-order valence-electron chi connectivity index (χ4n) is 1.69. The van der Waals surface area contributed by atoms with Crippen LogP contribution in [0.5, 0.6) is 5.75 Å². The van der Waals surface area contributed by atoms with Gasteiger partial charge < -0.3 is 9.84 Å². The van der Waals surface area contributed by atoms with Gasteiger partial charge >= 0.3 is 0 Å². The molecule has 0 radical (unpaired) electrons. The van der Waals surface area contributed by atoms with Crippen molar-refractivity contribution in [2.24, 2.45) is 0 Å². The monoisotopic (exact) mass is 275 g/mol. The molecule has 0 heterocycles. The molecular weight excluding hydrogens is 264 g/mol. The summed E-state index contributed by atoms with van der Waals surface area (Å²) in [7, 11) is 0. The Kier molecular flexibility index (Phi) is 4.28. The lowest BCUT2D eigenvalue weighted by Gasteiger charge is -2.13. The number of ether oxygens (including phenoxy) is 1. The zero-order chi connectivity index (χ0) is 14.5. The Morgan fingerprint density at radius 2 is 1.90 bits per heavy atom. The van der Waals surface area contributed by atoms with Gasteiger partial charge in [0.25, 0.3) is 0 Å². The van der Waals surface area contributed by atoms with Crippen LogP contribution in [0.25, 0.3) is 0 Å². The van der Waals surface area contributed by atoms with Gasteiger partial charge in [-0.05, 0) is 24.3 Å². The highest BCUT2D eigenvalue weighted by atomic mass is 19.1. The van der Waals surface area contributed by atoms with E-state index in [4.69, 9.17) is 10.00 Å². The van der Waals surface area contributed by atoms with Gasteiger partial charge in [-0.15, -0.1) is 0 Å². The zero-order valence-corrected chi connectivity index (χ0v) is 10.4. The van der Waals surface area contributed by atoms with Gasteiger partial charge in [-0.3, -0.25) is 0 Å². The van der Waals surface area contributed by atoms with Crippen molar-refractivity contribution in [2.45, 2.75) is 6.10 Å². The average molecular weight is 275 g/mol. The normalized spacial score (nSPS) is 11.7. The minimum Gasteiger partial charge on any atom is -0.487 e. The van der Waals surface area contributed by atoms with Gasteiger partial charge in [0, 0.05) is 5.56 Å². The lowest BCUT2D eigenvalue weighted by atomic mass is 10.1. The molecule has 5 heteroatoms. The molecule has 0 saturated carbocycles. The number of nitrogens with zero attached hydrogens (tertiary/aromatic N) is 1. The lowest BCUT2D eigenvalue weighted by Crippen LogP contribution is -2.11. The topological polar surface area (TPSA) is 53.2 Å². The average Bonchev–Trinajstić information content (AvgIpc) is 2.46. The van der Waals surface area contributed by atoms with Crippen LogP contribution < -0.4 is 4.74 Å². The van der Waals surface area contributed by atoms with E-state index in [1.807, 2.05) is 0 Å². The number of hydrogen-bond acceptors (Lipinski definition) is 3. The second kappa shape index (κ2) is 6.13. The molecule has 2 rings (SSSR count).